The van der Waals surface area contributed by atoms with Crippen molar-refractivity contribution in [1.29, 1.82) is 0 Å². The Morgan fingerprint density at radius 2 is 1.40 bits per heavy atom. The van der Waals surface area contributed by atoms with Crippen molar-refractivity contribution in [2.45, 2.75) is 97.0 Å². The summed E-state index contributed by atoms with van der Waals surface area (Å²) in [6, 6.07) is 18.5. The second-order valence-electron chi connectivity index (χ2n) is 10.6. The third kappa shape index (κ3) is 12.6. The summed E-state index contributed by atoms with van der Waals surface area (Å²) < 4.78 is 28.4. The molecule has 2 rings (SSSR count). The van der Waals surface area contributed by atoms with Gasteiger partial charge in [0.2, 0.25) is 0 Å². The van der Waals surface area contributed by atoms with Gasteiger partial charge in [0.25, 0.3) is 0 Å². The topological polar surface area (TPSA) is 109 Å². The summed E-state index contributed by atoms with van der Waals surface area (Å²) >= 11 is 0. The summed E-state index contributed by atoms with van der Waals surface area (Å²) in [6.07, 6.45) is -1.16. The van der Waals surface area contributed by atoms with E-state index in [2.05, 4.69) is 5.32 Å². The summed E-state index contributed by atoms with van der Waals surface area (Å²) in [5, 5.41) is 2.60. The van der Waals surface area contributed by atoms with Crippen molar-refractivity contribution in [3.05, 3.63) is 71.8 Å². The molecule has 1 amide bonds. The Hall–Kier alpha value is -3.43. The van der Waals surface area contributed by atoms with Crippen LogP contribution >= 0.6 is 0 Å². The largest absolute Gasteiger partial charge is 0.467 e. The summed E-state index contributed by atoms with van der Waals surface area (Å²) in [6.45, 7) is 8.98. The number of ether oxygens (including phenoxy) is 5. The molecule has 0 saturated heterocycles. The summed E-state index contributed by atoms with van der Waals surface area (Å²) in [5.74, 6) is -0.993. The molecule has 1 N–H and O–H groups in total. The van der Waals surface area contributed by atoms with Gasteiger partial charge in [-0.15, -0.1) is 0 Å². The Morgan fingerprint density at radius 1 is 0.850 bits per heavy atom. The molecule has 4 unspecified atom stereocenters. The average Bonchev–Trinajstić information content (AvgIpc) is 2.90. The standard InChI is InChI=1S/C31H43NO8/c1-22(39-23(2)33)28(38-21-25-16-11-8-12-17-25)27(37-20-24-14-9-7-10-15-24)19-13-18-26(29(34)36-6)32-30(35)40-31(3,4)5/h7-12,14-17,22,26-28H,13,18-21H2,1-6H3,(H,32,35). The molecule has 4 atom stereocenters. The number of rotatable bonds is 15. The predicted octanol–water partition coefficient (Wildman–Crippen LogP) is 5.35. The first-order valence-electron chi connectivity index (χ1n) is 13.5. The van der Waals surface area contributed by atoms with Crippen LogP contribution in [-0.4, -0.2) is 55.1 Å². The third-order valence-electron chi connectivity index (χ3n) is 5.93. The van der Waals surface area contributed by atoms with Gasteiger partial charge in [0.15, 0.2) is 0 Å². The molecule has 0 spiro atoms. The fourth-order valence-corrected chi connectivity index (χ4v) is 4.12. The van der Waals surface area contributed by atoms with Crippen LogP contribution in [0.3, 0.4) is 0 Å². The van der Waals surface area contributed by atoms with Gasteiger partial charge in [0.1, 0.15) is 23.9 Å². The number of carbonyl (C=O) groups excluding carboxylic acids is 3. The van der Waals surface area contributed by atoms with E-state index in [4.69, 9.17) is 23.7 Å². The number of alkyl carbamates (subject to hydrolysis) is 1. The zero-order valence-corrected chi connectivity index (χ0v) is 24.4. The fraction of sp³-hybridized carbons (Fsp3) is 0.516. The number of carbonyl (C=O) groups is 3. The molecule has 0 bridgehead atoms. The lowest BCUT2D eigenvalue weighted by Crippen LogP contribution is -2.44. The van der Waals surface area contributed by atoms with Crippen LogP contribution < -0.4 is 5.32 Å². The van der Waals surface area contributed by atoms with Gasteiger partial charge in [-0.05, 0) is 58.1 Å². The van der Waals surface area contributed by atoms with E-state index in [0.717, 1.165) is 11.1 Å². The van der Waals surface area contributed by atoms with Gasteiger partial charge in [0, 0.05) is 6.92 Å². The zero-order chi connectivity index (χ0) is 29.5. The van der Waals surface area contributed by atoms with E-state index in [1.54, 1.807) is 27.7 Å². The first kappa shape index (κ1) is 32.8. The molecule has 0 aliphatic heterocycles. The molecule has 0 aliphatic carbocycles. The van der Waals surface area contributed by atoms with Crippen LogP contribution in [0.2, 0.25) is 0 Å². The van der Waals surface area contributed by atoms with E-state index >= 15 is 0 Å². The van der Waals surface area contributed by atoms with Gasteiger partial charge in [0.05, 0.1) is 26.4 Å². The maximum atomic E-state index is 12.4. The van der Waals surface area contributed by atoms with Crippen LogP contribution in [0.4, 0.5) is 4.79 Å². The second-order valence-corrected chi connectivity index (χ2v) is 10.6. The van der Waals surface area contributed by atoms with Crippen LogP contribution in [0.15, 0.2) is 60.7 Å². The molecule has 0 radical (unpaired) electrons. The van der Waals surface area contributed by atoms with E-state index in [0.29, 0.717) is 26.1 Å². The smallest absolute Gasteiger partial charge is 0.408 e. The SMILES string of the molecule is COC(=O)C(CCCC(OCc1ccccc1)C(OCc1ccccc1)C(C)OC(C)=O)NC(=O)OC(C)(C)C. The van der Waals surface area contributed by atoms with Gasteiger partial charge in [-0.2, -0.15) is 0 Å². The van der Waals surface area contributed by atoms with Crippen LogP contribution in [-0.2, 0) is 46.5 Å². The van der Waals surface area contributed by atoms with Gasteiger partial charge in [-0.1, -0.05) is 60.7 Å². The lowest BCUT2D eigenvalue weighted by Gasteiger charge is -2.32. The van der Waals surface area contributed by atoms with Gasteiger partial charge < -0.3 is 29.0 Å². The number of hydrogen-bond acceptors (Lipinski definition) is 8. The number of benzene rings is 2. The molecular weight excluding hydrogens is 514 g/mol. The van der Waals surface area contributed by atoms with Crippen LogP contribution in [0.1, 0.15) is 65.0 Å². The van der Waals surface area contributed by atoms with Gasteiger partial charge in [-0.25, -0.2) is 9.59 Å². The van der Waals surface area contributed by atoms with Crippen molar-refractivity contribution in [2.75, 3.05) is 7.11 Å². The number of amides is 1. The molecule has 0 heterocycles. The van der Waals surface area contributed by atoms with E-state index < -0.39 is 48.0 Å². The molecule has 0 aromatic heterocycles. The van der Waals surface area contributed by atoms with E-state index in [-0.39, 0.29) is 6.42 Å². The fourth-order valence-electron chi connectivity index (χ4n) is 4.12. The normalized spacial score (nSPS) is 14.3. The molecular formula is C31H43NO8. The number of nitrogens with one attached hydrogen (secondary N) is 1. The van der Waals surface area contributed by atoms with Crippen molar-refractivity contribution in [2.24, 2.45) is 0 Å². The molecule has 2 aromatic carbocycles. The highest BCUT2D eigenvalue weighted by Crippen LogP contribution is 2.22. The zero-order valence-electron chi connectivity index (χ0n) is 24.4. The molecule has 0 fully saturated rings. The first-order chi connectivity index (χ1) is 19.0. The van der Waals surface area contributed by atoms with Crippen LogP contribution in [0.25, 0.3) is 0 Å². The van der Waals surface area contributed by atoms with Crippen molar-refractivity contribution >= 4 is 18.0 Å². The first-order valence-corrected chi connectivity index (χ1v) is 13.5. The molecule has 9 heteroatoms. The average molecular weight is 558 g/mol. The monoisotopic (exact) mass is 557 g/mol. The molecule has 220 valence electrons. The van der Waals surface area contributed by atoms with Crippen LogP contribution in [0, 0.1) is 0 Å². The Bertz CT molecular complexity index is 1040. The minimum Gasteiger partial charge on any atom is -0.467 e. The molecule has 2 aromatic rings. The second kappa shape index (κ2) is 16.6. The molecule has 0 aliphatic rings. The molecule has 40 heavy (non-hydrogen) atoms. The highest BCUT2D eigenvalue weighted by atomic mass is 16.6. The number of esters is 2. The highest BCUT2D eigenvalue weighted by molar-refractivity contribution is 5.81. The minimum absolute atomic E-state index is 0.282. The Labute approximate surface area is 237 Å². The van der Waals surface area contributed by atoms with Crippen LogP contribution in [0.5, 0.6) is 0 Å². The predicted molar refractivity (Wildman–Crippen MR) is 150 cm³/mol. The Morgan fingerprint density at radius 3 is 1.90 bits per heavy atom. The summed E-state index contributed by atoms with van der Waals surface area (Å²) in [7, 11) is 1.27. The Balaban J connectivity index is 2.19. The molecule has 0 saturated carbocycles. The summed E-state index contributed by atoms with van der Waals surface area (Å²) in [5.41, 5.74) is 1.24. The Kier molecular flexibility index (Phi) is 13.6. The lowest BCUT2D eigenvalue weighted by molar-refractivity contribution is -0.168. The van der Waals surface area contributed by atoms with E-state index in [9.17, 15) is 14.4 Å². The summed E-state index contributed by atoms with van der Waals surface area (Å²) in [4.78, 5) is 36.6. The van der Waals surface area contributed by atoms with Crippen molar-refractivity contribution in [3.8, 4) is 0 Å². The van der Waals surface area contributed by atoms with E-state index in [1.165, 1.54) is 14.0 Å². The van der Waals surface area contributed by atoms with E-state index in [1.807, 2.05) is 60.7 Å². The number of hydrogen-bond donors (Lipinski definition) is 1. The molecule has 9 nitrogen and oxygen atoms in total. The quantitative estimate of drug-likeness (QED) is 0.231. The van der Waals surface area contributed by atoms with Crippen molar-refractivity contribution in [3.63, 3.8) is 0 Å². The maximum Gasteiger partial charge on any atom is 0.408 e. The minimum atomic E-state index is -0.899. The van der Waals surface area contributed by atoms with Crippen molar-refractivity contribution < 1.29 is 38.1 Å². The van der Waals surface area contributed by atoms with Gasteiger partial charge >= 0.3 is 18.0 Å². The van der Waals surface area contributed by atoms with Crippen molar-refractivity contribution in [1.82, 2.24) is 5.32 Å². The highest BCUT2D eigenvalue weighted by Gasteiger charge is 2.32. The van der Waals surface area contributed by atoms with Gasteiger partial charge in [-0.3, -0.25) is 4.79 Å². The third-order valence-corrected chi connectivity index (χ3v) is 5.93. The number of methoxy groups -OCH3 is 1. The maximum absolute atomic E-state index is 12.4. The lowest BCUT2D eigenvalue weighted by atomic mass is 10.00.